The molecule has 0 N–H and O–H groups in total. The van der Waals surface area contributed by atoms with E-state index < -0.39 is 17.9 Å². The second-order valence-corrected chi connectivity index (χ2v) is 4.45. The smallest absolute Gasteiger partial charge is 0.313 e. The van der Waals surface area contributed by atoms with Crippen molar-refractivity contribution in [2.45, 2.75) is 12.3 Å². The lowest BCUT2D eigenvalue weighted by molar-refractivity contribution is -0.147. The Labute approximate surface area is 109 Å². The Balaban J connectivity index is 2.27. The highest BCUT2D eigenvalue weighted by atomic mass is 16.5. The summed E-state index contributed by atoms with van der Waals surface area (Å²) in [5.41, 5.74) is 0.740. The zero-order valence-corrected chi connectivity index (χ0v) is 10.4. The van der Waals surface area contributed by atoms with E-state index in [-0.39, 0.29) is 6.42 Å². The summed E-state index contributed by atoms with van der Waals surface area (Å²) in [4.78, 5) is 23.5. The minimum Gasteiger partial charge on any atom is -0.469 e. The van der Waals surface area contributed by atoms with Crippen LogP contribution in [0.5, 0.6) is 5.75 Å². The van der Waals surface area contributed by atoms with Crippen LogP contribution in [-0.4, -0.2) is 19.0 Å². The molecule has 0 aromatic heterocycles. The molecular formula is C15H12O4. The summed E-state index contributed by atoms with van der Waals surface area (Å²) in [5.74, 6) is -0.954. The molecule has 96 valence electrons. The molecule has 0 saturated heterocycles. The molecule has 3 rings (SSSR count). The van der Waals surface area contributed by atoms with Crippen LogP contribution < -0.4 is 4.74 Å². The normalized spacial score (nSPS) is 17.7. The van der Waals surface area contributed by atoms with Gasteiger partial charge >= 0.3 is 11.9 Å². The van der Waals surface area contributed by atoms with Crippen LogP contribution in [0.2, 0.25) is 0 Å². The van der Waals surface area contributed by atoms with Crippen LogP contribution in [0, 0.1) is 0 Å². The Morgan fingerprint density at radius 2 is 2.05 bits per heavy atom. The summed E-state index contributed by atoms with van der Waals surface area (Å²) in [6.45, 7) is 0. The molecule has 0 fully saturated rings. The molecular weight excluding hydrogens is 244 g/mol. The van der Waals surface area contributed by atoms with Crippen LogP contribution in [0.4, 0.5) is 0 Å². The fourth-order valence-corrected chi connectivity index (χ4v) is 2.50. The number of benzene rings is 2. The summed E-state index contributed by atoms with van der Waals surface area (Å²) in [5, 5.41) is 1.93. The van der Waals surface area contributed by atoms with Gasteiger partial charge in [0, 0.05) is 5.56 Å². The van der Waals surface area contributed by atoms with Gasteiger partial charge in [-0.2, -0.15) is 0 Å². The molecule has 0 radical (unpaired) electrons. The van der Waals surface area contributed by atoms with E-state index in [0.717, 1.165) is 16.3 Å². The highest BCUT2D eigenvalue weighted by Crippen LogP contribution is 2.39. The molecule has 0 amide bonds. The van der Waals surface area contributed by atoms with E-state index in [1.54, 1.807) is 6.07 Å². The summed E-state index contributed by atoms with van der Waals surface area (Å²) in [7, 11) is 1.33. The van der Waals surface area contributed by atoms with Gasteiger partial charge in [0.2, 0.25) is 0 Å². The average Bonchev–Trinajstić information content (AvgIpc) is 2.45. The fraction of sp³-hybridized carbons (Fsp3) is 0.200. The number of rotatable bonds is 1. The van der Waals surface area contributed by atoms with Crippen molar-refractivity contribution >= 4 is 22.7 Å². The van der Waals surface area contributed by atoms with Crippen molar-refractivity contribution in [1.29, 1.82) is 0 Å². The van der Waals surface area contributed by atoms with Gasteiger partial charge in [0.25, 0.3) is 0 Å². The van der Waals surface area contributed by atoms with Crippen molar-refractivity contribution in [1.82, 2.24) is 0 Å². The number of esters is 2. The average molecular weight is 256 g/mol. The number of fused-ring (bicyclic) bond motifs is 3. The Hall–Kier alpha value is -2.36. The molecule has 0 spiro atoms. The van der Waals surface area contributed by atoms with E-state index in [1.807, 2.05) is 30.3 Å². The highest BCUT2D eigenvalue weighted by molar-refractivity contribution is 5.97. The van der Waals surface area contributed by atoms with Gasteiger partial charge in [0.1, 0.15) is 5.75 Å². The largest absolute Gasteiger partial charge is 0.469 e. The van der Waals surface area contributed by atoms with E-state index >= 15 is 0 Å². The fourth-order valence-electron chi connectivity index (χ4n) is 2.50. The zero-order valence-electron chi connectivity index (χ0n) is 10.4. The van der Waals surface area contributed by atoms with Gasteiger partial charge in [-0.3, -0.25) is 9.59 Å². The topological polar surface area (TPSA) is 52.6 Å². The molecule has 1 unspecified atom stereocenters. The lowest BCUT2D eigenvalue weighted by atomic mass is 9.88. The minimum absolute atomic E-state index is 0.0215. The van der Waals surface area contributed by atoms with Crippen LogP contribution in [0.15, 0.2) is 36.4 Å². The summed E-state index contributed by atoms with van der Waals surface area (Å²) < 4.78 is 10.0. The van der Waals surface area contributed by atoms with Crippen molar-refractivity contribution in [2.75, 3.05) is 7.11 Å². The summed E-state index contributed by atoms with van der Waals surface area (Å²) >= 11 is 0. The van der Waals surface area contributed by atoms with Crippen molar-refractivity contribution in [3.8, 4) is 5.75 Å². The molecule has 2 aromatic rings. The minimum atomic E-state index is -0.590. The predicted molar refractivity (Wildman–Crippen MR) is 69.0 cm³/mol. The molecule has 0 saturated carbocycles. The third-order valence-electron chi connectivity index (χ3n) is 3.36. The van der Waals surface area contributed by atoms with E-state index in [4.69, 9.17) is 9.47 Å². The number of hydrogen-bond donors (Lipinski definition) is 0. The SMILES string of the molecule is COC(=O)C1CC(=O)Oc2ccc3ccccc3c21. The molecule has 19 heavy (non-hydrogen) atoms. The molecule has 4 heteroatoms. The van der Waals surface area contributed by atoms with Gasteiger partial charge in [0.15, 0.2) is 0 Å². The van der Waals surface area contributed by atoms with Crippen LogP contribution >= 0.6 is 0 Å². The number of carbonyl (C=O) groups excluding carboxylic acids is 2. The second-order valence-electron chi connectivity index (χ2n) is 4.45. The number of hydrogen-bond acceptors (Lipinski definition) is 4. The Kier molecular flexibility index (Phi) is 2.71. The highest BCUT2D eigenvalue weighted by Gasteiger charge is 2.34. The van der Waals surface area contributed by atoms with E-state index in [2.05, 4.69) is 0 Å². The molecule has 1 aliphatic heterocycles. The van der Waals surface area contributed by atoms with Crippen LogP contribution in [0.25, 0.3) is 10.8 Å². The van der Waals surface area contributed by atoms with E-state index in [1.165, 1.54) is 7.11 Å². The number of ether oxygens (including phenoxy) is 2. The molecule has 1 heterocycles. The zero-order chi connectivity index (χ0) is 13.4. The molecule has 0 aliphatic carbocycles. The van der Waals surface area contributed by atoms with Gasteiger partial charge in [-0.25, -0.2) is 0 Å². The molecule has 4 nitrogen and oxygen atoms in total. The van der Waals surface area contributed by atoms with Gasteiger partial charge in [-0.1, -0.05) is 30.3 Å². The lowest BCUT2D eigenvalue weighted by Gasteiger charge is -2.24. The first-order valence-corrected chi connectivity index (χ1v) is 6.01. The van der Waals surface area contributed by atoms with Gasteiger partial charge < -0.3 is 9.47 Å². The number of carbonyl (C=O) groups is 2. The second kappa shape index (κ2) is 4.39. The summed E-state index contributed by atoms with van der Waals surface area (Å²) in [6, 6.07) is 11.3. The maximum Gasteiger partial charge on any atom is 0.313 e. The molecule has 0 bridgehead atoms. The van der Waals surface area contributed by atoms with Crippen molar-refractivity contribution in [2.24, 2.45) is 0 Å². The quantitative estimate of drug-likeness (QED) is 0.580. The Morgan fingerprint density at radius 3 is 2.84 bits per heavy atom. The van der Waals surface area contributed by atoms with Gasteiger partial charge in [-0.15, -0.1) is 0 Å². The Bertz CT molecular complexity index is 675. The summed E-state index contributed by atoms with van der Waals surface area (Å²) in [6.07, 6.45) is 0.0215. The lowest BCUT2D eigenvalue weighted by Crippen LogP contribution is -2.26. The van der Waals surface area contributed by atoms with E-state index in [9.17, 15) is 9.59 Å². The molecule has 1 aliphatic rings. The predicted octanol–water partition coefficient (Wildman–Crippen LogP) is 2.41. The van der Waals surface area contributed by atoms with Gasteiger partial charge in [-0.05, 0) is 16.8 Å². The molecule has 1 atom stereocenters. The first kappa shape index (κ1) is 11.7. The van der Waals surface area contributed by atoms with E-state index in [0.29, 0.717) is 5.75 Å². The van der Waals surface area contributed by atoms with Gasteiger partial charge in [0.05, 0.1) is 19.4 Å². The maximum absolute atomic E-state index is 11.9. The van der Waals surface area contributed by atoms with Crippen molar-refractivity contribution in [3.63, 3.8) is 0 Å². The van der Waals surface area contributed by atoms with Crippen molar-refractivity contribution in [3.05, 3.63) is 42.0 Å². The maximum atomic E-state index is 11.9. The number of methoxy groups -OCH3 is 1. The van der Waals surface area contributed by atoms with Crippen LogP contribution in [0.3, 0.4) is 0 Å². The third-order valence-corrected chi connectivity index (χ3v) is 3.36. The van der Waals surface area contributed by atoms with Crippen LogP contribution in [-0.2, 0) is 14.3 Å². The standard InChI is InChI=1S/C15H12O4/c1-18-15(17)11-8-13(16)19-12-7-6-9-4-2-3-5-10(9)14(11)12/h2-7,11H,8H2,1H3. The Morgan fingerprint density at radius 1 is 1.26 bits per heavy atom. The third kappa shape index (κ3) is 1.85. The van der Waals surface area contributed by atoms with Crippen LogP contribution in [0.1, 0.15) is 17.9 Å². The first-order chi connectivity index (χ1) is 9.20. The first-order valence-electron chi connectivity index (χ1n) is 6.01. The van der Waals surface area contributed by atoms with Crippen molar-refractivity contribution < 1.29 is 19.1 Å². The monoisotopic (exact) mass is 256 g/mol. The molecule has 2 aromatic carbocycles.